The van der Waals surface area contributed by atoms with Crippen LogP contribution in [-0.4, -0.2) is 62.0 Å². The van der Waals surface area contributed by atoms with Crippen molar-refractivity contribution in [3.05, 3.63) is 35.9 Å². The molecule has 1 aromatic rings. The number of carbonyl (C=O) groups excluding carboxylic acids is 1. The fourth-order valence-electron chi connectivity index (χ4n) is 3.51. The van der Waals surface area contributed by atoms with Crippen molar-refractivity contribution in [3.63, 3.8) is 0 Å². The highest BCUT2D eigenvalue weighted by atomic mass is 32.2. The molecule has 0 spiro atoms. The molecule has 25 heavy (non-hydrogen) atoms. The molecular weight excluding hydrogens is 344 g/mol. The third-order valence-corrected chi connectivity index (χ3v) is 5.27. The van der Waals surface area contributed by atoms with Gasteiger partial charge in [-0.25, -0.2) is 8.98 Å². The summed E-state index contributed by atoms with van der Waals surface area (Å²) in [6.07, 6.45) is 1.06. The van der Waals surface area contributed by atoms with Crippen LogP contribution in [0.25, 0.3) is 0 Å². The Hall–Kier alpha value is -1.64. The summed E-state index contributed by atoms with van der Waals surface area (Å²) in [5.41, 5.74) is 1.27. The molecule has 2 fully saturated rings. The van der Waals surface area contributed by atoms with Crippen molar-refractivity contribution in [3.8, 4) is 0 Å². The Balaban J connectivity index is 1.56. The van der Waals surface area contributed by atoms with E-state index in [1.165, 1.54) is 5.56 Å². The van der Waals surface area contributed by atoms with Gasteiger partial charge in [0.15, 0.2) is 0 Å². The third kappa shape index (κ3) is 4.50. The van der Waals surface area contributed by atoms with Crippen molar-refractivity contribution < 1.29 is 22.1 Å². The van der Waals surface area contributed by atoms with Gasteiger partial charge in [-0.2, -0.15) is 8.42 Å². The smallest absolute Gasteiger partial charge is 0.412 e. The first-order valence-electron chi connectivity index (χ1n) is 8.47. The summed E-state index contributed by atoms with van der Waals surface area (Å²) < 4.78 is 32.6. The molecule has 7 nitrogen and oxygen atoms in total. The van der Waals surface area contributed by atoms with E-state index in [0.29, 0.717) is 0 Å². The van der Waals surface area contributed by atoms with Gasteiger partial charge in [0.05, 0.1) is 12.3 Å². The first-order chi connectivity index (χ1) is 11.8. The summed E-state index contributed by atoms with van der Waals surface area (Å²) in [7, 11) is -3.67. The minimum absolute atomic E-state index is 0.0442. The maximum atomic E-state index is 12.2. The number of likely N-dealkylation sites (tertiary alicyclic amines) is 1. The molecule has 2 atom stereocenters. The van der Waals surface area contributed by atoms with E-state index in [2.05, 4.69) is 17.0 Å². The number of amides is 1. The molecule has 0 aliphatic carbocycles. The molecular formula is C17H24N2O5S. The maximum absolute atomic E-state index is 12.2. The quantitative estimate of drug-likeness (QED) is 0.738. The lowest BCUT2D eigenvalue weighted by atomic mass is 10.0. The molecule has 0 saturated carbocycles. The minimum Gasteiger partial charge on any atom is -0.416 e. The standard InChI is InChI=1S/C17H24N2O5S/c1-13-16(24-25(2,21)22)23-17(20)19(13)15-8-10-18(11-9-15)12-14-6-4-3-5-7-14/h3-7,13,15-16H,8-12H2,1-2H3. The van der Waals surface area contributed by atoms with Crippen LogP contribution in [0.5, 0.6) is 0 Å². The number of rotatable bonds is 5. The second-order valence-corrected chi connectivity index (χ2v) is 8.29. The first kappa shape index (κ1) is 18.2. The molecule has 3 rings (SSSR count). The van der Waals surface area contributed by atoms with Gasteiger partial charge in [-0.1, -0.05) is 30.3 Å². The largest absolute Gasteiger partial charge is 0.416 e. The second kappa shape index (κ2) is 7.31. The van der Waals surface area contributed by atoms with Crippen LogP contribution in [0.1, 0.15) is 25.3 Å². The normalized spacial score (nSPS) is 26.0. The fraction of sp³-hybridized carbons (Fsp3) is 0.588. The zero-order valence-electron chi connectivity index (χ0n) is 14.5. The van der Waals surface area contributed by atoms with Gasteiger partial charge in [0, 0.05) is 25.7 Å². The molecule has 0 N–H and O–H groups in total. The van der Waals surface area contributed by atoms with Crippen LogP contribution in [0, 0.1) is 0 Å². The zero-order chi connectivity index (χ0) is 18.0. The zero-order valence-corrected chi connectivity index (χ0v) is 15.3. The van der Waals surface area contributed by atoms with E-state index < -0.39 is 28.5 Å². The molecule has 8 heteroatoms. The van der Waals surface area contributed by atoms with Crippen molar-refractivity contribution in [1.82, 2.24) is 9.80 Å². The van der Waals surface area contributed by atoms with Gasteiger partial charge in [-0.05, 0) is 25.3 Å². The van der Waals surface area contributed by atoms with E-state index in [1.54, 1.807) is 11.8 Å². The molecule has 1 aromatic carbocycles. The van der Waals surface area contributed by atoms with E-state index in [0.717, 1.165) is 38.7 Å². The molecule has 2 aliphatic heterocycles. The van der Waals surface area contributed by atoms with Gasteiger partial charge in [0.25, 0.3) is 10.1 Å². The van der Waals surface area contributed by atoms with Gasteiger partial charge in [0.1, 0.15) is 0 Å². The molecule has 2 aliphatic rings. The first-order valence-corrected chi connectivity index (χ1v) is 10.3. The molecule has 0 radical (unpaired) electrons. The van der Waals surface area contributed by atoms with E-state index in [-0.39, 0.29) is 6.04 Å². The topological polar surface area (TPSA) is 76.2 Å². The Labute approximate surface area is 148 Å². The lowest BCUT2D eigenvalue weighted by Crippen LogP contribution is -2.48. The van der Waals surface area contributed by atoms with E-state index in [4.69, 9.17) is 8.92 Å². The van der Waals surface area contributed by atoms with E-state index >= 15 is 0 Å². The number of carbonyl (C=O) groups is 1. The Morgan fingerprint density at radius 1 is 1.20 bits per heavy atom. The second-order valence-electron chi connectivity index (χ2n) is 6.69. The van der Waals surface area contributed by atoms with Crippen molar-refractivity contribution in [1.29, 1.82) is 0 Å². The van der Waals surface area contributed by atoms with Crippen LogP contribution >= 0.6 is 0 Å². The fourth-order valence-corrected chi connectivity index (χ4v) is 4.05. The average molecular weight is 368 g/mol. The molecule has 1 amide bonds. The molecule has 0 aromatic heterocycles. The van der Waals surface area contributed by atoms with Gasteiger partial charge in [-0.15, -0.1) is 0 Å². The minimum atomic E-state index is -3.67. The van der Waals surface area contributed by atoms with Crippen molar-refractivity contribution in [2.45, 2.75) is 44.7 Å². The summed E-state index contributed by atoms with van der Waals surface area (Å²) in [6.45, 7) is 4.42. The van der Waals surface area contributed by atoms with Gasteiger partial charge in [0.2, 0.25) is 6.29 Å². The highest BCUT2D eigenvalue weighted by Crippen LogP contribution is 2.28. The lowest BCUT2D eigenvalue weighted by molar-refractivity contribution is -0.00922. The monoisotopic (exact) mass is 368 g/mol. The number of ether oxygens (including phenoxy) is 1. The average Bonchev–Trinajstić information content (AvgIpc) is 2.82. The Morgan fingerprint density at radius 3 is 2.44 bits per heavy atom. The summed E-state index contributed by atoms with van der Waals surface area (Å²) >= 11 is 0. The molecule has 2 heterocycles. The van der Waals surface area contributed by atoms with Crippen molar-refractivity contribution >= 4 is 16.2 Å². The Morgan fingerprint density at radius 2 is 1.84 bits per heavy atom. The summed E-state index contributed by atoms with van der Waals surface area (Å²) in [6, 6.07) is 9.91. The van der Waals surface area contributed by atoms with Crippen LogP contribution in [0.3, 0.4) is 0 Å². The summed E-state index contributed by atoms with van der Waals surface area (Å²) in [5.74, 6) is 0. The van der Waals surface area contributed by atoms with Crippen molar-refractivity contribution in [2.75, 3.05) is 19.3 Å². The van der Waals surface area contributed by atoms with Crippen LogP contribution in [0.4, 0.5) is 4.79 Å². The maximum Gasteiger partial charge on any atom is 0.412 e. The number of hydrogen-bond acceptors (Lipinski definition) is 6. The van der Waals surface area contributed by atoms with Crippen LogP contribution < -0.4 is 0 Å². The number of piperidine rings is 1. The number of nitrogens with zero attached hydrogens (tertiary/aromatic N) is 2. The number of cyclic esters (lactones) is 1. The van der Waals surface area contributed by atoms with Crippen molar-refractivity contribution in [2.24, 2.45) is 0 Å². The van der Waals surface area contributed by atoms with Gasteiger partial charge in [-0.3, -0.25) is 9.80 Å². The lowest BCUT2D eigenvalue weighted by Gasteiger charge is -2.37. The van der Waals surface area contributed by atoms with Gasteiger partial charge >= 0.3 is 6.09 Å². The Kier molecular flexibility index (Phi) is 5.31. The molecule has 138 valence electrons. The highest BCUT2D eigenvalue weighted by molar-refractivity contribution is 7.86. The molecule has 2 unspecified atom stereocenters. The summed E-state index contributed by atoms with van der Waals surface area (Å²) in [5, 5.41) is 0. The van der Waals surface area contributed by atoms with E-state index in [1.807, 2.05) is 18.2 Å². The summed E-state index contributed by atoms with van der Waals surface area (Å²) in [4.78, 5) is 16.2. The highest BCUT2D eigenvalue weighted by Gasteiger charge is 2.45. The SMILES string of the molecule is CC1C(OS(C)(=O)=O)OC(=O)N1C1CCN(Cc2ccccc2)CC1. The molecule has 0 bridgehead atoms. The van der Waals surface area contributed by atoms with E-state index in [9.17, 15) is 13.2 Å². The van der Waals surface area contributed by atoms with Gasteiger partial charge < -0.3 is 4.74 Å². The van der Waals surface area contributed by atoms with Crippen LogP contribution in [-0.2, 0) is 25.6 Å². The van der Waals surface area contributed by atoms with Crippen LogP contribution in [0.15, 0.2) is 30.3 Å². The van der Waals surface area contributed by atoms with Crippen LogP contribution in [0.2, 0.25) is 0 Å². The third-order valence-electron chi connectivity index (χ3n) is 4.73. The predicted molar refractivity (Wildman–Crippen MR) is 92.2 cm³/mol. The number of benzene rings is 1. The number of hydrogen-bond donors (Lipinski definition) is 0. The predicted octanol–water partition coefficient (Wildman–Crippen LogP) is 1.79. The Bertz CT molecular complexity index is 701. The molecule has 2 saturated heterocycles.